The van der Waals surface area contributed by atoms with Crippen molar-refractivity contribution in [1.82, 2.24) is 24.8 Å². The van der Waals surface area contributed by atoms with E-state index in [0.29, 0.717) is 37.6 Å². The van der Waals surface area contributed by atoms with Crippen LogP contribution in [0, 0.1) is 6.92 Å². The molecular formula is C17H20N6O3S2. The van der Waals surface area contributed by atoms with Crippen LogP contribution in [0.25, 0.3) is 10.2 Å². The molecule has 1 saturated carbocycles. The second kappa shape index (κ2) is 7.21. The highest BCUT2D eigenvalue weighted by molar-refractivity contribution is 7.99. The summed E-state index contributed by atoms with van der Waals surface area (Å²) in [7, 11) is 0. The van der Waals surface area contributed by atoms with E-state index in [1.807, 2.05) is 6.92 Å². The Hall–Kier alpha value is -2.40. The Kier molecular flexibility index (Phi) is 4.88. The van der Waals surface area contributed by atoms with E-state index in [1.165, 1.54) is 27.8 Å². The number of thioether (sulfide) groups is 1. The Balaban J connectivity index is 1.65. The Morgan fingerprint density at radius 1 is 1.46 bits per heavy atom. The van der Waals surface area contributed by atoms with Gasteiger partial charge in [-0.2, -0.15) is 0 Å². The number of nitrogens with one attached hydrogen (secondary N) is 1. The molecule has 0 saturated heterocycles. The molecule has 0 spiro atoms. The largest absolute Gasteiger partial charge is 0.462 e. The van der Waals surface area contributed by atoms with E-state index in [0.717, 1.165) is 18.7 Å². The topological polar surface area (TPSA) is 129 Å². The Bertz CT molecular complexity index is 1110. The van der Waals surface area contributed by atoms with E-state index in [-0.39, 0.29) is 17.4 Å². The number of nitrogens with zero attached hydrogens (tertiary/aromatic N) is 4. The molecule has 1 aliphatic carbocycles. The normalized spacial score (nSPS) is 15.1. The number of carbonyl (C=O) groups is 1. The number of nitrogens with two attached hydrogens (primary N) is 1. The van der Waals surface area contributed by atoms with Crippen molar-refractivity contribution in [2.75, 3.05) is 12.4 Å². The van der Waals surface area contributed by atoms with Gasteiger partial charge in [-0.3, -0.25) is 4.79 Å². The molecule has 3 N–H and O–H groups in total. The fourth-order valence-electron chi connectivity index (χ4n) is 2.95. The van der Waals surface area contributed by atoms with Crippen molar-refractivity contribution >= 4 is 39.3 Å². The summed E-state index contributed by atoms with van der Waals surface area (Å²) in [4.78, 5) is 33.1. The average molecular weight is 421 g/mol. The monoisotopic (exact) mass is 420 g/mol. The zero-order valence-electron chi connectivity index (χ0n) is 15.7. The maximum Gasteiger partial charge on any atom is 0.348 e. The molecule has 1 unspecified atom stereocenters. The van der Waals surface area contributed by atoms with E-state index in [4.69, 9.17) is 10.6 Å². The molecule has 3 heterocycles. The van der Waals surface area contributed by atoms with Crippen LogP contribution in [0.3, 0.4) is 0 Å². The number of ether oxygens (including phenoxy) is 1. The first-order valence-corrected chi connectivity index (χ1v) is 10.7. The summed E-state index contributed by atoms with van der Waals surface area (Å²) in [5, 5.41) is 9.13. The van der Waals surface area contributed by atoms with Crippen molar-refractivity contribution in [2.45, 2.75) is 49.9 Å². The minimum Gasteiger partial charge on any atom is -0.462 e. The molecule has 1 aliphatic rings. The summed E-state index contributed by atoms with van der Waals surface area (Å²) in [6.45, 7) is 5.66. The van der Waals surface area contributed by atoms with Crippen molar-refractivity contribution in [1.29, 1.82) is 0 Å². The Morgan fingerprint density at radius 2 is 2.21 bits per heavy atom. The third-order valence-electron chi connectivity index (χ3n) is 4.58. The summed E-state index contributed by atoms with van der Waals surface area (Å²) in [5.41, 5.74) is 0.319. The average Bonchev–Trinajstić information content (AvgIpc) is 3.35. The van der Waals surface area contributed by atoms with Gasteiger partial charge in [0.1, 0.15) is 15.5 Å². The number of H-pyrrole nitrogens is 1. The number of fused-ring (bicyclic) bond motifs is 1. The summed E-state index contributed by atoms with van der Waals surface area (Å²) in [6, 6.07) is 0. The SMILES string of the molecule is CCOC(=O)c1sc2nc(C(C)Sc3nnc(C4CC4)n3N)[nH]c(=O)c2c1C. The zero-order chi connectivity index (χ0) is 20.0. The minimum atomic E-state index is -0.435. The third-order valence-corrected chi connectivity index (χ3v) is 6.81. The number of hydrogen-bond acceptors (Lipinski definition) is 9. The standard InChI is InChI=1S/C17H20N6O3S2/c1-4-26-16(25)11-7(2)10-14(24)19-12(20-15(10)28-11)8(3)27-17-22-21-13(23(17)18)9-5-6-9/h8-9H,4-6,18H2,1-3H3,(H,19,20,24). The predicted octanol–water partition coefficient (Wildman–Crippen LogP) is 2.51. The maximum absolute atomic E-state index is 12.6. The molecule has 1 atom stereocenters. The van der Waals surface area contributed by atoms with Crippen molar-refractivity contribution < 1.29 is 9.53 Å². The molecule has 0 bridgehead atoms. The van der Waals surface area contributed by atoms with Gasteiger partial charge >= 0.3 is 5.97 Å². The quantitative estimate of drug-likeness (QED) is 0.353. The van der Waals surface area contributed by atoms with E-state index in [9.17, 15) is 9.59 Å². The van der Waals surface area contributed by atoms with Crippen molar-refractivity contribution in [2.24, 2.45) is 0 Å². The molecule has 11 heteroatoms. The van der Waals surface area contributed by atoms with Gasteiger partial charge in [0.05, 0.1) is 17.2 Å². The lowest BCUT2D eigenvalue weighted by Gasteiger charge is -2.10. The fourth-order valence-corrected chi connectivity index (χ4v) is 4.86. The van der Waals surface area contributed by atoms with Crippen LogP contribution in [0.5, 0.6) is 0 Å². The molecule has 4 rings (SSSR count). The number of carbonyl (C=O) groups excluding carboxylic acids is 1. The van der Waals surface area contributed by atoms with Crippen LogP contribution < -0.4 is 11.4 Å². The number of esters is 1. The Morgan fingerprint density at radius 3 is 2.89 bits per heavy atom. The number of thiophene rings is 1. The molecular weight excluding hydrogens is 400 g/mol. The van der Waals surface area contributed by atoms with Crippen LogP contribution in [0.4, 0.5) is 0 Å². The summed E-state index contributed by atoms with van der Waals surface area (Å²) in [6.07, 6.45) is 2.17. The van der Waals surface area contributed by atoms with Crippen molar-refractivity contribution in [3.8, 4) is 0 Å². The van der Waals surface area contributed by atoms with Gasteiger partial charge in [-0.15, -0.1) is 21.5 Å². The van der Waals surface area contributed by atoms with E-state index in [2.05, 4.69) is 20.2 Å². The first-order valence-electron chi connectivity index (χ1n) is 8.98. The third kappa shape index (κ3) is 3.28. The molecule has 9 nitrogen and oxygen atoms in total. The number of aromatic nitrogens is 5. The maximum atomic E-state index is 12.6. The van der Waals surface area contributed by atoms with Gasteiger partial charge in [-0.1, -0.05) is 11.8 Å². The van der Waals surface area contributed by atoms with E-state index >= 15 is 0 Å². The second-order valence-electron chi connectivity index (χ2n) is 6.65. The fraction of sp³-hybridized carbons (Fsp3) is 0.471. The smallest absolute Gasteiger partial charge is 0.348 e. The summed E-state index contributed by atoms with van der Waals surface area (Å²) >= 11 is 2.55. The van der Waals surface area contributed by atoms with Crippen LogP contribution >= 0.6 is 23.1 Å². The molecule has 1 fully saturated rings. The van der Waals surface area contributed by atoms with Gasteiger partial charge in [-0.25, -0.2) is 14.5 Å². The number of hydrogen-bond donors (Lipinski definition) is 2. The molecule has 28 heavy (non-hydrogen) atoms. The van der Waals surface area contributed by atoms with Crippen LogP contribution in [0.15, 0.2) is 9.95 Å². The molecule has 0 aromatic carbocycles. The number of rotatable bonds is 6. The summed E-state index contributed by atoms with van der Waals surface area (Å²) < 4.78 is 6.59. The number of aryl methyl sites for hydroxylation is 1. The van der Waals surface area contributed by atoms with Crippen LogP contribution in [0.2, 0.25) is 0 Å². The lowest BCUT2D eigenvalue weighted by Crippen LogP contribution is -2.15. The van der Waals surface area contributed by atoms with Gasteiger partial charge in [-0.05, 0) is 39.2 Å². The van der Waals surface area contributed by atoms with Crippen LogP contribution in [-0.2, 0) is 4.74 Å². The highest BCUT2D eigenvalue weighted by atomic mass is 32.2. The second-order valence-corrected chi connectivity index (χ2v) is 8.96. The molecule has 3 aromatic rings. The Labute approximate surface area is 168 Å². The van der Waals surface area contributed by atoms with Gasteiger partial charge < -0.3 is 15.6 Å². The first-order chi connectivity index (χ1) is 13.4. The van der Waals surface area contributed by atoms with Gasteiger partial charge in [0.15, 0.2) is 5.82 Å². The number of aromatic amines is 1. The molecule has 3 aromatic heterocycles. The highest BCUT2D eigenvalue weighted by Crippen LogP contribution is 2.40. The van der Waals surface area contributed by atoms with E-state index < -0.39 is 5.97 Å². The van der Waals surface area contributed by atoms with Crippen LogP contribution in [-0.4, -0.2) is 37.4 Å². The predicted molar refractivity (Wildman–Crippen MR) is 107 cm³/mol. The molecule has 0 radical (unpaired) electrons. The molecule has 0 aliphatic heterocycles. The zero-order valence-corrected chi connectivity index (χ0v) is 17.3. The van der Waals surface area contributed by atoms with Crippen molar-refractivity contribution in [3.05, 3.63) is 32.4 Å². The van der Waals surface area contributed by atoms with Gasteiger partial charge in [0.25, 0.3) is 5.56 Å². The highest BCUT2D eigenvalue weighted by Gasteiger charge is 2.30. The summed E-state index contributed by atoms with van der Waals surface area (Å²) in [5.74, 6) is 7.35. The minimum absolute atomic E-state index is 0.205. The molecule has 0 amide bonds. The van der Waals surface area contributed by atoms with Crippen LogP contribution in [0.1, 0.15) is 64.7 Å². The molecule has 148 valence electrons. The number of nitrogen functional groups attached to an aromatic ring is 1. The van der Waals surface area contributed by atoms with Crippen molar-refractivity contribution in [3.63, 3.8) is 0 Å². The lowest BCUT2D eigenvalue weighted by molar-refractivity contribution is 0.0531. The van der Waals surface area contributed by atoms with E-state index in [1.54, 1.807) is 13.8 Å². The van der Waals surface area contributed by atoms with Gasteiger partial charge in [0, 0.05) is 5.92 Å². The van der Waals surface area contributed by atoms with Gasteiger partial charge in [0.2, 0.25) is 5.16 Å². The lowest BCUT2D eigenvalue weighted by atomic mass is 10.2. The first kappa shape index (κ1) is 18.9.